The summed E-state index contributed by atoms with van der Waals surface area (Å²) in [6.07, 6.45) is 3.40. The molecule has 0 spiro atoms. The van der Waals surface area contributed by atoms with Gasteiger partial charge in [0.05, 0.1) is 17.4 Å². The molecule has 0 bridgehead atoms. The lowest BCUT2D eigenvalue weighted by Gasteiger charge is -2.42. The molecular weight excluding hydrogens is 326 g/mol. The number of rotatable bonds is 4. The summed E-state index contributed by atoms with van der Waals surface area (Å²) < 4.78 is 0. The van der Waals surface area contributed by atoms with E-state index in [1.54, 1.807) is 23.4 Å². The number of hydrogen-bond donors (Lipinski definition) is 1. The van der Waals surface area contributed by atoms with Crippen LogP contribution in [0.4, 0.5) is 22.1 Å². The zero-order valence-electron chi connectivity index (χ0n) is 14.2. The van der Waals surface area contributed by atoms with Gasteiger partial charge in [0.25, 0.3) is 0 Å². The number of hydrogen-bond acceptors (Lipinski definition) is 4. The molecule has 1 aromatic heterocycles. The highest BCUT2D eigenvalue weighted by molar-refractivity contribution is 5.99. The molecule has 0 radical (unpaired) electrons. The zero-order valence-corrected chi connectivity index (χ0v) is 14.2. The molecule has 2 aromatic carbocycles. The first kappa shape index (κ1) is 16.1. The summed E-state index contributed by atoms with van der Waals surface area (Å²) in [7, 11) is 0. The summed E-state index contributed by atoms with van der Waals surface area (Å²) in [4.78, 5) is 25.0. The second-order valence-corrected chi connectivity index (χ2v) is 6.11. The van der Waals surface area contributed by atoms with Crippen LogP contribution < -0.4 is 10.2 Å². The predicted molar refractivity (Wildman–Crippen MR) is 101 cm³/mol. The van der Waals surface area contributed by atoms with Gasteiger partial charge in [-0.15, -0.1) is 0 Å². The second kappa shape index (κ2) is 7.23. The molecule has 2 amide bonds. The van der Waals surface area contributed by atoms with Gasteiger partial charge < -0.3 is 10.2 Å². The first-order valence-electron chi connectivity index (χ1n) is 8.54. The van der Waals surface area contributed by atoms with Gasteiger partial charge in [0.2, 0.25) is 5.95 Å². The molecule has 1 saturated heterocycles. The molecule has 1 aliphatic rings. The van der Waals surface area contributed by atoms with Crippen LogP contribution in [0, 0.1) is 0 Å². The van der Waals surface area contributed by atoms with Crippen molar-refractivity contribution in [2.75, 3.05) is 23.3 Å². The highest BCUT2D eigenvalue weighted by atomic mass is 16.2. The molecule has 0 saturated carbocycles. The minimum Gasteiger partial charge on any atom is -0.348 e. The van der Waals surface area contributed by atoms with Crippen molar-refractivity contribution in [2.24, 2.45) is 0 Å². The fourth-order valence-electron chi connectivity index (χ4n) is 2.95. The van der Waals surface area contributed by atoms with E-state index in [4.69, 9.17) is 0 Å². The van der Waals surface area contributed by atoms with Crippen LogP contribution in [-0.4, -0.2) is 40.0 Å². The van der Waals surface area contributed by atoms with Gasteiger partial charge in [-0.3, -0.25) is 4.90 Å². The Morgan fingerprint density at radius 3 is 1.96 bits per heavy atom. The largest absolute Gasteiger partial charge is 0.348 e. The lowest BCUT2D eigenvalue weighted by atomic mass is 10.1. The number of carbonyl (C=O) groups is 1. The lowest BCUT2D eigenvalue weighted by Crippen LogP contribution is -2.59. The summed E-state index contributed by atoms with van der Waals surface area (Å²) in [5, 5.41) is 3.25. The summed E-state index contributed by atoms with van der Waals surface area (Å²) in [5.74, 6) is 0.590. The van der Waals surface area contributed by atoms with Gasteiger partial charge in [0, 0.05) is 25.5 Å². The fraction of sp³-hybridized carbons (Fsp3) is 0.150. The Morgan fingerprint density at radius 1 is 0.885 bits per heavy atom. The molecule has 1 N–H and O–H groups in total. The van der Waals surface area contributed by atoms with Crippen LogP contribution in [-0.2, 0) is 0 Å². The normalized spacial score (nSPS) is 13.8. The standard InChI is InChI=1S/C20H19N5O/c26-20(24-14-16(15-24)23-19-21-12-7-13-22-19)25(17-8-3-1-4-9-17)18-10-5-2-6-11-18/h1-13,16H,14-15H2,(H,21,22,23). The van der Waals surface area contributed by atoms with E-state index in [9.17, 15) is 4.79 Å². The maximum absolute atomic E-state index is 13.1. The monoisotopic (exact) mass is 345 g/mol. The van der Waals surface area contributed by atoms with Crippen molar-refractivity contribution >= 4 is 23.4 Å². The van der Waals surface area contributed by atoms with Crippen LogP contribution in [0.15, 0.2) is 79.1 Å². The zero-order chi connectivity index (χ0) is 17.8. The van der Waals surface area contributed by atoms with Crippen molar-refractivity contribution in [3.8, 4) is 0 Å². The van der Waals surface area contributed by atoms with Crippen LogP contribution in [0.1, 0.15) is 0 Å². The van der Waals surface area contributed by atoms with E-state index in [0.29, 0.717) is 19.0 Å². The number of nitrogens with zero attached hydrogens (tertiary/aromatic N) is 4. The number of carbonyl (C=O) groups excluding carboxylic acids is 1. The van der Waals surface area contributed by atoms with Crippen LogP contribution in [0.3, 0.4) is 0 Å². The van der Waals surface area contributed by atoms with E-state index in [1.165, 1.54) is 0 Å². The Morgan fingerprint density at radius 2 is 1.42 bits per heavy atom. The third-order valence-electron chi connectivity index (χ3n) is 4.27. The smallest absolute Gasteiger partial charge is 0.329 e. The van der Waals surface area contributed by atoms with Crippen molar-refractivity contribution in [3.63, 3.8) is 0 Å². The van der Waals surface area contributed by atoms with E-state index in [2.05, 4.69) is 15.3 Å². The average Bonchev–Trinajstić information content (AvgIpc) is 2.67. The van der Waals surface area contributed by atoms with Crippen LogP contribution in [0.2, 0.25) is 0 Å². The molecule has 4 rings (SSSR count). The number of amides is 2. The van der Waals surface area contributed by atoms with E-state index in [-0.39, 0.29) is 12.1 Å². The molecule has 6 heteroatoms. The molecule has 3 aromatic rings. The molecule has 0 unspecified atom stereocenters. The molecular formula is C20H19N5O. The Kier molecular flexibility index (Phi) is 4.47. The molecule has 130 valence electrons. The number of para-hydroxylation sites is 2. The molecule has 2 heterocycles. The van der Waals surface area contributed by atoms with Crippen molar-refractivity contribution in [1.29, 1.82) is 0 Å². The Hall–Kier alpha value is -3.41. The molecule has 1 aliphatic heterocycles. The minimum atomic E-state index is -0.0329. The quantitative estimate of drug-likeness (QED) is 0.786. The second-order valence-electron chi connectivity index (χ2n) is 6.11. The van der Waals surface area contributed by atoms with Crippen LogP contribution >= 0.6 is 0 Å². The van der Waals surface area contributed by atoms with E-state index in [0.717, 1.165) is 11.4 Å². The van der Waals surface area contributed by atoms with Gasteiger partial charge in [0.15, 0.2) is 0 Å². The first-order chi connectivity index (χ1) is 12.8. The van der Waals surface area contributed by atoms with Crippen LogP contribution in [0.5, 0.6) is 0 Å². The van der Waals surface area contributed by atoms with Crippen molar-refractivity contribution < 1.29 is 4.79 Å². The van der Waals surface area contributed by atoms with Gasteiger partial charge in [0.1, 0.15) is 0 Å². The summed E-state index contributed by atoms with van der Waals surface area (Å²) in [5.41, 5.74) is 1.71. The highest BCUT2D eigenvalue weighted by Crippen LogP contribution is 2.28. The summed E-state index contributed by atoms with van der Waals surface area (Å²) >= 11 is 0. The third kappa shape index (κ3) is 3.35. The van der Waals surface area contributed by atoms with Crippen molar-refractivity contribution in [2.45, 2.75) is 6.04 Å². The molecule has 0 aliphatic carbocycles. The number of anilines is 3. The van der Waals surface area contributed by atoms with Gasteiger partial charge in [-0.1, -0.05) is 36.4 Å². The highest BCUT2D eigenvalue weighted by Gasteiger charge is 2.34. The fourth-order valence-corrected chi connectivity index (χ4v) is 2.95. The maximum Gasteiger partial charge on any atom is 0.329 e. The number of benzene rings is 2. The molecule has 26 heavy (non-hydrogen) atoms. The predicted octanol–water partition coefficient (Wildman–Crippen LogP) is 3.53. The van der Waals surface area contributed by atoms with E-state index < -0.39 is 0 Å². The Balaban J connectivity index is 1.48. The number of nitrogens with one attached hydrogen (secondary N) is 1. The SMILES string of the molecule is O=C(N1CC(Nc2ncccn2)C1)N(c1ccccc1)c1ccccc1. The maximum atomic E-state index is 13.1. The summed E-state index contributed by atoms with van der Waals surface area (Å²) in [6.45, 7) is 1.24. The van der Waals surface area contributed by atoms with Gasteiger partial charge in [-0.2, -0.15) is 0 Å². The number of aromatic nitrogens is 2. The lowest BCUT2D eigenvalue weighted by molar-refractivity contribution is 0.167. The average molecular weight is 345 g/mol. The van der Waals surface area contributed by atoms with Crippen molar-refractivity contribution in [3.05, 3.63) is 79.1 Å². The molecule has 1 fully saturated rings. The van der Waals surface area contributed by atoms with Gasteiger partial charge in [-0.25, -0.2) is 14.8 Å². The minimum absolute atomic E-state index is 0.0329. The Bertz CT molecular complexity index is 812. The first-order valence-corrected chi connectivity index (χ1v) is 8.54. The van der Waals surface area contributed by atoms with Gasteiger partial charge >= 0.3 is 6.03 Å². The van der Waals surface area contributed by atoms with Crippen molar-refractivity contribution in [1.82, 2.24) is 14.9 Å². The Labute approximate surface area is 152 Å². The topological polar surface area (TPSA) is 61.4 Å². The van der Waals surface area contributed by atoms with Crippen LogP contribution in [0.25, 0.3) is 0 Å². The number of urea groups is 1. The van der Waals surface area contributed by atoms with E-state index >= 15 is 0 Å². The third-order valence-corrected chi connectivity index (χ3v) is 4.27. The van der Waals surface area contributed by atoms with E-state index in [1.807, 2.05) is 65.6 Å². The summed E-state index contributed by atoms with van der Waals surface area (Å²) in [6, 6.07) is 21.3. The number of likely N-dealkylation sites (tertiary alicyclic amines) is 1. The van der Waals surface area contributed by atoms with Gasteiger partial charge in [-0.05, 0) is 30.3 Å². The molecule has 6 nitrogen and oxygen atoms in total. The molecule has 0 atom stereocenters.